The van der Waals surface area contributed by atoms with E-state index in [9.17, 15) is 0 Å². The minimum atomic E-state index is 0.874. The summed E-state index contributed by atoms with van der Waals surface area (Å²) >= 11 is 0. The summed E-state index contributed by atoms with van der Waals surface area (Å²) < 4.78 is 0. The maximum atomic E-state index is 4.68. The zero-order valence-corrected chi connectivity index (χ0v) is 15.1. The number of hydrogen-bond donors (Lipinski definition) is 0. The fourth-order valence-corrected chi connectivity index (χ4v) is 4.29. The van der Waals surface area contributed by atoms with Gasteiger partial charge in [-0.2, -0.15) is 0 Å². The second kappa shape index (κ2) is 7.36. The maximum Gasteiger partial charge on any atom is 0.135 e. The van der Waals surface area contributed by atoms with Crippen LogP contribution in [0, 0.1) is 0 Å². The van der Waals surface area contributed by atoms with Crippen LogP contribution >= 0.6 is 0 Å². The first kappa shape index (κ1) is 16.3. The van der Waals surface area contributed by atoms with Crippen LogP contribution in [0.2, 0.25) is 0 Å². The molecule has 1 aromatic rings. The number of fused-ring (bicyclic) bond motifs is 1. The van der Waals surface area contributed by atoms with Gasteiger partial charge in [0.25, 0.3) is 0 Å². The highest BCUT2D eigenvalue weighted by molar-refractivity contribution is 5.50. The molecule has 2 fully saturated rings. The third-order valence-corrected chi connectivity index (χ3v) is 6.10. The molecule has 3 heterocycles. The van der Waals surface area contributed by atoms with Gasteiger partial charge < -0.3 is 4.90 Å². The Morgan fingerprint density at radius 3 is 2.62 bits per heavy atom. The summed E-state index contributed by atoms with van der Waals surface area (Å²) in [6.45, 7) is 10.3. The first-order valence-corrected chi connectivity index (χ1v) is 9.89. The summed E-state index contributed by atoms with van der Waals surface area (Å²) in [6.07, 6.45) is 9.71. The molecule has 3 aliphatic rings. The van der Waals surface area contributed by atoms with E-state index in [1.807, 2.05) is 0 Å². The van der Waals surface area contributed by atoms with E-state index >= 15 is 0 Å². The largest absolute Gasteiger partial charge is 0.354 e. The molecule has 0 radical (unpaired) electrons. The van der Waals surface area contributed by atoms with Crippen molar-refractivity contribution >= 4 is 5.82 Å². The van der Waals surface area contributed by atoms with Crippen molar-refractivity contribution in [2.45, 2.75) is 58.0 Å². The van der Waals surface area contributed by atoms with Gasteiger partial charge in [0.1, 0.15) is 12.1 Å². The zero-order valence-electron chi connectivity index (χ0n) is 15.1. The number of aromatic nitrogens is 2. The predicted octanol–water partition coefficient (Wildman–Crippen LogP) is 2.31. The van der Waals surface area contributed by atoms with Gasteiger partial charge in [-0.1, -0.05) is 19.8 Å². The Hall–Kier alpha value is -1.20. The summed E-state index contributed by atoms with van der Waals surface area (Å²) in [5.41, 5.74) is 2.69. The van der Waals surface area contributed by atoms with E-state index in [-0.39, 0.29) is 0 Å². The predicted molar refractivity (Wildman–Crippen MR) is 97.3 cm³/mol. The molecule has 0 spiro atoms. The summed E-state index contributed by atoms with van der Waals surface area (Å²) in [5, 5.41) is 0. The van der Waals surface area contributed by atoms with E-state index in [1.165, 1.54) is 68.8 Å². The smallest absolute Gasteiger partial charge is 0.135 e. The average Bonchev–Trinajstić information content (AvgIpc) is 2.58. The molecule has 0 atom stereocenters. The summed E-state index contributed by atoms with van der Waals surface area (Å²) in [5.74, 6) is 1.23. The highest BCUT2D eigenvalue weighted by Crippen LogP contribution is 2.29. The monoisotopic (exact) mass is 329 g/mol. The zero-order chi connectivity index (χ0) is 16.4. The highest BCUT2D eigenvalue weighted by Gasteiger charge is 2.30. The lowest BCUT2D eigenvalue weighted by Gasteiger charge is -2.43. The van der Waals surface area contributed by atoms with Crippen LogP contribution in [-0.4, -0.2) is 65.1 Å². The van der Waals surface area contributed by atoms with E-state index in [0.29, 0.717) is 0 Å². The maximum absolute atomic E-state index is 4.68. The molecular formula is C19H31N5. The van der Waals surface area contributed by atoms with Crippen LogP contribution in [0.4, 0.5) is 5.82 Å². The SMILES string of the molecule is CCCCN1CCc2c(ncnc2N2CCN(C3CCC3)CC2)C1. The van der Waals surface area contributed by atoms with Crippen LogP contribution < -0.4 is 4.90 Å². The normalized spacial score (nSPS) is 23.1. The molecule has 24 heavy (non-hydrogen) atoms. The van der Waals surface area contributed by atoms with E-state index in [2.05, 4.69) is 31.6 Å². The van der Waals surface area contributed by atoms with Crippen LogP contribution in [0.5, 0.6) is 0 Å². The van der Waals surface area contributed by atoms with Gasteiger partial charge in [0, 0.05) is 50.9 Å². The van der Waals surface area contributed by atoms with Gasteiger partial charge in [-0.15, -0.1) is 0 Å². The number of rotatable bonds is 5. The lowest BCUT2D eigenvalue weighted by Crippen LogP contribution is -2.52. The van der Waals surface area contributed by atoms with Crippen molar-refractivity contribution in [3.63, 3.8) is 0 Å². The van der Waals surface area contributed by atoms with E-state index in [4.69, 9.17) is 0 Å². The van der Waals surface area contributed by atoms with Gasteiger partial charge >= 0.3 is 0 Å². The Kier molecular flexibility index (Phi) is 4.99. The van der Waals surface area contributed by atoms with Crippen LogP contribution in [0.1, 0.15) is 50.3 Å². The molecule has 5 nitrogen and oxygen atoms in total. The van der Waals surface area contributed by atoms with E-state index in [1.54, 1.807) is 6.33 Å². The second-order valence-electron chi connectivity index (χ2n) is 7.61. The van der Waals surface area contributed by atoms with E-state index < -0.39 is 0 Å². The lowest BCUT2D eigenvalue weighted by atomic mass is 9.91. The Morgan fingerprint density at radius 1 is 1.08 bits per heavy atom. The summed E-state index contributed by atoms with van der Waals surface area (Å²) in [6, 6.07) is 0.874. The van der Waals surface area contributed by atoms with Gasteiger partial charge in [0.05, 0.1) is 5.69 Å². The molecular weight excluding hydrogens is 298 g/mol. The molecule has 0 unspecified atom stereocenters. The minimum absolute atomic E-state index is 0.874. The van der Waals surface area contributed by atoms with Crippen LogP contribution in [0.15, 0.2) is 6.33 Å². The van der Waals surface area contributed by atoms with Crippen molar-refractivity contribution in [3.8, 4) is 0 Å². The van der Waals surface area contributed by atoms with Crippen molar-refractivity contribution < 1.29 is 0 Å². The molecule has 0 N–H and O–H groups in total. The second-order valence-corrected chi connectivity index (χ2v) is 7.61. The fraction of sp³-hybridized carbons (Fsp3) is 0.789. The molecule has 1 aromatic heterocycles. The van der Waals surface area contributed by atoms with Gasteiger partial charge in [0.2, 0.25) is 0 Å². The first-order chi connectivity index (χ1) is 11.8. The van der Waals surface area contributed by atoms with Crippen LogP contribution in [0.3, 0.4) is 0 Å². The highest BCUT2D eigenvalue weighted by atomic mass is 15.3. The van der Waals surface area contributed by atoms with Crippen molar-refractivity contribution in [1.29, 1.82) is 0 Å². The topological polar surface area (TPSA) is 35.5 Å². The van der Waals surface area contributed by atoms with Crippen LogP contribution in [-0.2, 0) is 13.0 Å². The molecule has 1 aliphatic carbocycles. The van der Waals surface area contributed by atoms with Crippen molar-refractivity contribution in [1.82, 2.24) is 19.8 Å². The Morgan fingerprint density at radius 2 is 1.92 bits per heavy atom. The van der Waals surface area contributed by atoms with Gasteiger partial charge in [-0.25, -0.2) is 9.97 Å². The molecule has 5 heteroatoms. The molecule has 4 rings (SSSR count). The standard InChI is InChI=1S/C19H31N5/c1-2-3-8-22-9-7-17-18(14-22)20-15-21-19(17)24-12-10-23(11-13-24)16-5-4-6-16/h15-16H,2-14H2,1H3. The molecule has 2 aliphatic heterocycles. The lowest BCUT2D eigenvalue weighted by molar-refractivity contribution is 0.120. The number of unbranched alkanes of at least 4 members (excludes halogenated alkanes) is 1. The Labute approximate surface area is 146 Å². The molecule has 132 valence electrons. The van der Waals surface area contributed by atoms with Crippen molar-refractivity contribution in [2.24, 2.45) is 0 Å². The van der Waals surface area contributed by atoms with Gasteiger partial charge in [-0.3, -0.25) is 9.80 Å². The summed E-state index contributed by atoms with van der Waals surface area (Å²) in [7, 11) is 0. The van der Waals surface area contributed by atoms with E-state index in [0.717, 1.165) is 38.6 Å². The third kappa shape index (κ3) is 3.29. The van der Waals surface area contributed by atoms with Gasteiger partial charge in [0.15, 0.2) is 0 Å². The van der Waals surface area contributed by atoms with Crippen molar-refractivity contribution in [3.05, 3.63) is 17.6 Å². The third-order valence-electron chi connectivity index (χ3n) is 6.10. The number of nitrogens with zero attached hydrogens (tertiary/aromatic N) is 5. The number of anilines is 1. The summed E-state index contributed by atoms with van der Waals surface area (Å²) in [4.78, 5) is 17.1. The fourth-order valence-electron chi connectivity index (χ4n) is 4.29. The molecule has 1 saturated carbocycles. The number of hydrogen-bond acceptors (Lipinski definition) is 5. The van der Waals surface area contributed by atoms with Gasteiger partial charge in [-0.05, 0) is 32.2 Å². The molecule has 0 aromatic carbocycles. The average molecular weight is 329 g/mol. The number of piperazine rings is 1. The van der Waals surface area contributed by atoms with Crippen LogP contribution in [0.25, 0.3) is 0 Å². The van der Waals surface area contributed by atoms with Crippen molar-refractivity contribution in [2.75, 3.05) is 44.2 Å². The molecule has 0 bridgehead atoms. The molecule has 1 saturated heterocycles. The first-order valence-electron chi connectivity index (χ1n) is 9.89. The quantitative estimate of drug-likeness (QED) is 0.828. The Balaban J connectivity index is 1.41. The minimum Gasteiger partial charge on any atom is -0.354 e. The molecule has 0 amide bonds. The Bertz CT molecular complexity index is 549.